The molecule has 3 nitrogen and oxygen atoms in total. The van der Waals surface area contributed by atoms with E-state index >= 15 is 0 Å². The van der Waals surface area contributed by atoms with Crippen molar-refractivity contribution in [2.24, 2.45) is 0 Å². The molecule has 2 N–H and O–H groups in total. The molecule has 0 aromatic heterocycles. The Bertz CT molecular complexity index is 352. The van der Waals surface area contributed by atoms with Crippen molar-refractivity contribution < 1.29 is 9.90 Å². The van der Waals surface area contributed by atoms with E-state index in [4.69, 9.17) is 5.11 Å². The summed E-state index contributed by atoms with van der Waals surface area (Å²) in [5, 5.41) is 11.3. The van der Waals surface area contributed by atoms with Gasteiger partial charge >= 0.3 is 0 Å². The molecule has 0 aliphatic carbocycles. The van der Waals surface area contributed by atoms with Crippen LogP contribution in [-0.4, -0.2) is 24.2 Å². The van der Waals surface area contributed by atoms with Crippen molar-refractivity contribution in [3.63, 3.8) is 0 Å². The molecule has 0 spiro atoms. The summed E-state index contributed by atoms with van der Waals surface area (Å²) in [6, 6.07) is 5.46. The third-order valence-corrected chi connectivity index (χ3v) is 2.36. The molecule has 1 rings (SSSR count). The van der Waals surface area contributed by atoms with Gasteiger partial charge in [0.25, 0.3) is 5.91 Å². The summed E-state index contributed by atoms with van der Waals surface area (Å²) in [5.74, 6) is -0.114. The number of aliphatic hydroxyl groups is 1. The van der Waals surface area contributed by atoms with Gasteiger partial charge in [0.1, 0.15) is 0 Å². The van der Waals surface area contributed by atoms with Gasteiger partial charge in [0.15, 0.2) is 0 Å². The molecular weight excluding hydrogens is 210 g/mol. The highest BCUT2D eigenvalue weighted by Crippen LogP contribution is 2.13. The number of thiol groups is 1. The quantitative estimate of drug-likeness (QED) is 0.536. The predicted molar refractivity (Wildman–Crippen MR) is 62.5 cm³/mol. The summed E-state index contributed by atoms with van der Waals surface area (Å²) in [5.41, 5.74) is 1.56. The number of benzene rings is 1. The van der Waals surface area contributed by atoms with E-state index in [0.717, 1.165) is 10.5 Å². The number of amides is 1. The van der Waals surface area contributed by atoms with E-state index in [0.29, 0.717) is 18.5 Å². The van der Waals surface area contributed by atoms with Crippen LogP contribution in [0.5, 0.6) is 0 Å². The SMILES string of the molecule is Cc1ccc(S)cc1C(=O)NCCCO. The van der Waals surface area contributed by atoms with Crippen LogP contribution in [0.4, 0.5) is 0 Å². The van der Waals surface area contributed by atoms with Crippen molar-refractivity contribution in [3.8, 4) is 0 Å². The number of aliphatic hydroxyl groups excluding tert-OH is 1. The van der Waals surface area contributed by atoms with E-state index in [1.165, 1.54) is 0 Å². The Morgan fingerprint density at radius 3 is 2.93 bits per heavy atom. The van der Waals surface area contributed by atoms with Crippen molar-refractivity contribution in [2.45, 2.75) is 18.2 Å². The van der Waals surface area contributed by atoms with Crippen LogP contribution in [0, 0.1) is 6.92 Å². The first-order valence-electron chi connectivity index (χ1n) is 4.84. The third kappa shape index (κ3) is 3.57. The molecule has 0 saturated carbocycles. The first-order chi connectivity index (χ1) is 7.15. The molecule has 0 unspecified atom stereocenters. The van der Waals surface area contributed by atoms with Crippen LogP contribution in [0.2, 0.25) is 0 Å². The minimum Gasteiger partial charge on any atom is -0.396 e. The van der Waals surface area contributed by atoms with E-state index in [1.807, 2.05) is 19.1 Å². The molecule has 15 heavy (non-hydrogen) atoms. The molecule has 1 aromatic rings. The molecule has 1 amide bonds. The molecule has 0 aliphatic rings. The maximum atomic E-state index is 11.7. The van der Waals surface area contributed by atoms with Gasteiger partial charge < -0.3 is 10.4 Å². The van der Waals surface area contributed by atoms with E-state index < -0.39 is 0 Å². The van der Waals surface area contributed by atoms with Crippen LogP contribution in [0.3, 0.4) is 0 Å². The standard InChI is InChI=1S/C11H15NO2S/c1-8-3-4-9(15)7-10(8)11(14)12-5-2-6-13/h3-4,7,13,15H,2,5-6H2,1H3,(H,12,14). The van der Waals surface area contributed by atoms with E-state index in [2.05, 4.69) is 17.9 Å². The van der Waals surface area contributed by atoms with Gasteiger partial charge in [-0.3, -0.25) is 4.79 Å². The fourth-order valence-electron chi connectivity index (χ4n) is 1.23. The molecule has 0 radical (unpaired) electrons. The summed E-state index contributed by atoms with van der Waals surface area (Å²) in [4.78, 5) is 12.4. The second kappa shape index (κ2) is 5.78. The van der Waals surface area contributed by atoms with Gasteiger partial charge in [-0.25, -0.2) is 0 Å². The molecule has 0 aliphatic heterocycles. The fraction of sp³-hybridized carbons (Fsp3) is 0.364. The van der Waals surface area contributed by atoms with Crippen LogP contribution in [0.15, 0.2) is 23.1 Å². The molecule has 1 aromatic carbocycles. The molecule has 4 heteroatoms. The van der Waals surface area contributed by atoms with Gasteiger partial charge in [-0.1, -0.05) is 6.07 Å². The topological polar surface area (TPSA) is 49.3 Å². The lowest BCUT2D eigenvalue weighted by Crippen LogP contribution is -2.25. The number of carbonyl (C=O) groups excluding carboxylic acids is 1. The smallest absolute Gasteiger partial charge is 0.251 e. The summed E-state index contributed by atoms with van der Waals surface area (Å²) >= 11 is 4.19. The highest BCUT2D eigenvalue weighted by molar-refractivity contribution is 7.80. The average molecular weight is 225 g/mol. The van der Waals surface area contributed by atoms with Gasteiger partial charge in [-0.2, -0.15) is 0 Å². The van der Waals surface area contributed by atoms with Crippen LogP contribution >= 0.6 is 12.6 Å². The molecule has 0 bridgehead atoms. The van der Waals surface area contributed by atoms with Crippen LogP contribution in [0.25, 0.3) is 0 Å². The van der Waals surface area contributed by atoms with Gasteiger partial charge in [0, 0.05) is 23.6 Å². The Balaban J connectivity index is 2.68. The fourth-order valence-corrected chi connectivity index (χ4v) is 1.43. The van der Waals surface area contributed by atoms with Crippen LogP contribution < -0.4 is 5.32 Å². The van der Waals surface area contributed by atoms with Crippen molar-refractivity contribution in [3.05, 3.63) is 29.3 Å². The largest absolute Gasteiger partial charge is 0.396 e. The molecule has 82 valence electrons. The first kappa shape index (κ1) is 12.1. The summed E-state index contributed by atoms with van der Waals surface area (Å²) in [6.07, 6.45) is 0.575. The number of nitrogens with one attached hydrogen (secondary N) is 1. The Kier molecular flexibility index (Phi) is 4.65. The Labute approximate surface area is 94.9 Å². The highest BCUT2D eigenvalue weighted by atomic mass is 32.1. The average Bonchev–Trinajstić information content (AvgIpc) is 2.22. The lowest BCUT2D eigenvalue weighted by Gasteiger charge is -2.07. The summed E-state index contributed by atoms with van der Waals surface area (Å²) in [6.45, 7) is 2.46. The first-order valence-corrected chi connectivity index (χ1v) is 5.28. The van der Waals surface area contributed by atoms with Crippen LogP contribution in [0.1, 0.15) is 22.3 Å². The normalized spacial score (nSPS) is 10.1. The zero-order chi connectivity index (χ0) is 11.3. The maximum absolute atomic E-state index is 11.7. The van der Waals surface area contributed by atoms with Gasteiger partial charge in [0.05, 0.1) is 0 Å². The summed E-state index contributed by atoms with van der Waals surface area (Å²) < 4.78 is 0. The van der Waals surface area contributed by atoms with Crippen LogP contribution in [-0.2, 0) is 0 Å². The lowest BCUT2D eigenvalue weighted by atomic mass is 10.1. The molecular formula is C11H15NO2S. The van der Waals surface area contributed by atoms with Crippen molar-refractivity contribution in [2.75, 3.05) is 13.2 Å². The Hall–Kier alpha value is -1.00. The van der Waals surface area contributed by atoms with E-state index in [1.54, 1.807) is 6.07 Å². The van der Waals surface area contributed by atoms with Gasteiger partial charge in [0.2, 0.25) is 0 Å². The van der Waals surface area contributed by atoms with Crippen molar-refractivity contribution in [1.29, 1.82) is 0 Å². The zero-order valence-corrected chi connectivity index (χ0v) is 9.55. The second-order valence-electron chi connectivity index (χ2n) is 3.33. The van der Waals surface area contributed by atoms with Gasteiger partial charge in [-0.15, -0.1) is 12.6 Å². The number of carbonyl (C=O) groups is 1. The minimum atomic E-state index is -0.114. The number of hydrogen-bond donors (Lipinski definition) is 3. The maximum Gasteiger partial charge on any atom is 0.251 e. The number of rotatable bonds is 4. The second-order valence-corrected chi connectivity index (χ2v) is 3.85. The minimum absolute atomic E-state index is 0.0892. The Morgan fingerprint density at radius 1 is 1.53 bits per heavy atom. The Morgan fingerprint density at radius 2 is 2.27 bits per heavy atom. The zero-order valence-electron chi connectivity index (χ0n) is 8.66. The predicted octanol–water partition coefficient (Wildman–Crippen LogP) is 1.40. The monoisotopic (exact) mass is 225 g/mol. The number of hydrogen-bond acceptors (Lipinski definition) is 3. The third-order valence-electron chi connectivity index (χ3n) is 2.09. The van der Waals surface area contributed by atoms with Crippen molar-refractivity contribution >= 4 is 18.5 Å². The van der Waals surface area contributed by atoms with E-state index in [-0.39, 0.29) is 12.5 Å². The molecule has 0 fully saturated rings. The van der Waals surface area contributed by atoms with E-state index in [9.17, 15) is 4.79 Å². The van der Waals surface area contributed by atoms with Gasteiger partial charge in [-0.05, 0) is 31.0 Å². The lowest BCUT2D eigenvalue weighted by molar-refractivity contribution is 0.0950. The highest BCUT2D eigenvalue weighted by Gasteiger charge is 2.07. The number of aryl methyl sites for hydroxylation is 1. The molecule has 0 heterocycles. The van der Waals surface area contributed by atoms with Crippen molar-refractivity contribution in [1.82, 2.24) is 5.32 Å². The molecule has 0 saturated heterocycles. The molecule has 0 atom stereocenters. The summed E-state index contributed by atoms with van der Waals surface area (Å²) in [7, 11) is 0.